The van der Waals surface area contributed by atoms with Gasteiger partial charge in [0.15, 0.2) is 0 Å². The van der Waals surface area contributed by atoms with Gasteiger partial charge < -0.3 is 5.32 Å². The molecular formula is C18H18N2O3S. The quantitative estimate of drug-likeness (QED) is 0.820. The van der Waals surface area contributed by atoms with Crippen molar-refractivity contribution in [3.8, 4) is 12.3 Å². The van der Waals surface area contributed by atoms with Gasteiger partial charge in [0.05, 0.1) is 11.4 Å². The third-order valence-electron chi connectivity index (χ3n) is 3.64. The Morgan fingerprint density at radius 3 is 2.42 bits per heavy atom. The molecule has 5 nitrogen and oxygen atoms in total. The maximum absolute atomic E-state index is 12.3. The summed E-state index contributed by atoms with van der Waals surface area (Å²) < 4.78 is 26.1. The Balaban J connectivity index is 2.17. The summed E-state index contributed by atoms with van der Waals surface area (Å²) in [6, 6.07) is 11.3. The van der Waals surface area contributed by atoms with E-state index in [-0.39, 0.29) is 17.3 Å². The van der Waals surface area contributed by atoms with Crippen molar-refractivity contribution in [2.75, 3.05) is 11.9 Å². The molecule has 124 valence electrons. The lowest BCUT2D eigenvalue weighted by Gasteiger charge is -2.11. The maximum atomic E-state index is 12.3. The van der Waals surface area contributed by atoms with Gasteiger partial charge in [-0.25, -0.2) is 8.42 Å². The molecule has 0 atom stereocenters. The summed E-state index contributed by atoms with van der Waals surface area (Å²) >= 11 is 0. The molecule has 1 amide bonds. The van der Waals surface area contributed by atoms with Crippen LogP contribution in [0.4, 0.5) is 5.69 Å². The van der Waals surface area contributed by atoms with Crippen LogP contribution in [0.5, 0.6) is 0 Å². The fourth-order valence-corrected chi connectivity index (χ4v) is 3.02. The summed E-state index contributed by atoms with van der Waals surface area (Å²) in [5.41, 5.74) is 3.16. The third-order valence-corrected chi connectivity index (χ3v) is 5.06. The number of nitrogens with one attached hydrogen (secondary N) is 2. The van der Waals surface area contributed by atoms with Gasteiger partial charge in [0, 0.05) is 11.3 Å². The highest BCUT2D eigenvalue weighted by Gasteiger charge is 2.14. The van der Waals surface area contributed by atoms with E-state index in [1.807, 2.05) is 32.0 Å². The van der Waals surface area contributed by atoms with Crippen LogP contribution in [-0.4, -0.2) is 20.9 Å². The molecule has 0 saturated carbocycles. The number of rotatable bonds is 5. The van der Waals surface area contributed by atoms with E-state index in [0.717, 1.165) is 16.8 Å². The van der Waals surface area contributed by atoms with Crippen LogP contribution in [-0.2, 0) is 10.0 Å². The molecule has 2 aromatic rings. The lowest BCUT2D eigenvalue weighted by Crippen LogP contribution is -2.24. The largest absolute Gasteiger partial charge is 0.322 e. The van der Waals surface area contributed by atoms with Crippen molar-refractivity contribution in [3.05, 3.63) is 59.2 Å². The summed E-state index contributed by atoms with van der Waals surface area (Å²) in [5.74, 6) is 1.90. The molecule has 0 aliphatic carbocycles. The minimum atomic E-state index is -3.66. The summed E-state index contributed by atoms with van der Waals surface area (Å²) in [5, 5.41) is 2.83. The molecule has 0 heterocycles. The molecule has 2 N–H and O–H groups in total. The second-order valence-electron chi connectivity index (χ2n) is 5.25. The lowest BCUT2D eigenvalue weighted by molar-refractivity contribution is 0.102. The van der Waals surface area contributed by atoms with Crippen LogP contribution in [0.2, 0.25) is 0 Å². The first-order valence-corrected chi connectivity index (χ1v) is 8.74. The molecule has 0 radical (unpaired) electrons. The topological polar surface area (TPSA) is 75.3 Å². The van der Waals surface area contributed by atoms with Crippen molar-refractivity contribution in [2.45, 2.75) is 18.7 Å². The van der Waals surface area contributed by atoms with E-state index in [4.69, 9.17) is 6.42 Å². The van der Waals surface area contributed by atoms with Crippen LogP contribution < -0.4 is 10.0 Å². The Kier molecular flexibility index (Phi) is 5.39. The average Bonchev–Trinajstić information content (AvgIpc) is 2.57. The molecule has 6 heteroatoms. The van der Waals surface area contributed by atoms with E-state index in [0.29, 0.717) is 5.56 Å². The summed E-state index contributed by atoms with van der Waals surface area (Å²) in [6.07, 6.45) is 5.04. The van der Waals surface area contributed by atoms with E-state index in [2.05, 4.69) is 16.0 Å². The summed E-state index contributed by atoms with van der Waals surface area (Å²) in [7, 11) is -3.66. The first kappa shape index (κ1) is 17.7. The molecule has 0 spiro atoms. The van der Waals surface area contributed by atoms with Crippen molar-refractivity contribution < 1.29 is 13.2 Å². The number of sulfonamides is 1. The predicted octanol–water partition coefficient (Wildman–Crippen LogP) is 2.47. The maximum Gasteiger partial charge on any atom is 0.255 e. The zero-order valence-electron chi connectivity index (χ0n) is 13.5. The average molecular weight is 342 g/mol. The van der Waals surface area contributed by atoms with Crippen LogP contribution >= 0.6 is 0 Å². The van der Waals surface area contributed by atoms with Crippen LogP contribution in [0, 0.1) is 26.2 Å². The molecule has 0 saturated heterocycles. The highest BCUT2D eigenvalue weighted by molar-refractivity contribution is 7.89. The predicted molar refractivity (Wildman–Crippen MR) is 94.3 cm³/mol. The molecule has 2 rings (SSSR count). The number of benzene rings is 2. The van der Waals surface area contributed by atoms with E-state index < -0.39 is 10.0 Å². The molecule has 2 aromatic carbocycles. The van der Waals surface area contributed by atoms with Crippen molar-refractivity contribution in [2.24, 2.45) is 0 Å². The van der Waals surface area contributed by atoms with Crippen molar-refractivity contribution in [1.29, 1.82) is 0 Å². The fourth-order valence-electron chi connectivity index (χ4n) is 2.09. The second-order valence-corrected chi connectivity index (χ2v) is 7.02. The number of amides is 1. The number of hydrogen-bond donors (Lipinski definition) is 2. The first-order valence-electron chi connectivity index (χ1n) is 7.26. The van der Waals surface area contributed by atoms with Gasteiger partial charge in [0.1, 0.15) is 0 Å². The Morgan fingerprint density at radius 2 is 1.79 bits per heavy atom. The molecule has 0 unspecified atom stereocenters. The molecule has 0 aromatic heterocycles. The van der Waals surface area contributed by atoms with Crippen LogP contribution in [0.1, 0.15) is 21.5 Å². The first-order chi connectivity index (χ1) is 11.3. The molecule has 0 fully saturated rings. The smallest absolute Gasteiger partial charge is 0.255 e. The van der Waals surface area contributed by atoms with Crippen molar-refractivity contribution in [1.82, 2.24) is 4.72 Å². The van der Waals surface area contributed by atoms with Gasteiger partial charge in [-0.3, -0.25) is 4.79 Å². The van der Waals surface area contributed by atoms with Crippen LogP contribution in [0.25, 0.3) is 0 Å². The molecule has 24 heavy (non-hydrogen) atoms. The lowest BCUT2D eigenvalue weighted by atomic mass is 10.1. The van der Waals surface area contributed by atoms with Gasteiger partial charge in [-0.2, -0.15) is 4.72 Å². The summed E-state index contributed by atoms with van der Waals surface area (Å²) in [4.78, 5) is 12.4. The Hall–Kier alpha value is -2.62. The van der Waals surface area contributed by atoms with E-state index in [1.165, 1.54) is 24.3 Å². The standard InChI is InChI=1S/C18H18N2O3S/c1-4-12-19-24(22,23)16-10-8-15(9-11-16)18(21)20-17-7-5-6-13(2)14(17)3/h1,5-11,19H,12H2,2-3H3,(H,20,21). The molecule has 0 aliphatic heterocycles. The Labute approximate surface area is 142 Å². The normalized spacial score (nSPS) is 10.9. The van der Waals surface area contributed by atoms with Gasteiger partial charge >= 0.3 is 0 Å². The monoisotopic (exact) mass is 342 g/mol. The zero-order valence-corrected chi connectivity index (χ0v) is 14.3. The van der Waals surface area contributed by atoms with E-state index in [1.54, 1.807) is 0 Å². The molecule has 0 aliphatic rings. The van der Waals surface area contributed by atoms with Crippen molar-refractivity contribution >= 4 is 21.6 Å². The van der Waals surface area contributed by atoms with Crippen LogP contribution in [0.15, 0.2) is 47.4 Å². The van der Waals surface area contributed by atoms with Crippen LogP contribution in [0.3, 0.4) is 0 Å². The Bertz CT molecular complexity index is 895. The fraction of sp³-hybridized carbons (Fsp3) is 0.167. The zero-order chi connectivity index (χ0) is 17.7. The minimum absolute atomic E-state index is 0.0565. The molecule has 0 bridgehead atoms. The Morgan fingerprint density at radius 1 is 1.12 bits per heavy atom. The number of carbonyl (C=O) groups excluding carboxylic acids is 1. The highest BCUT2D eigenvalue weighted by atomic mass is 32.2. The third kappa shape index (κ3) is 4.02. The second kappa shape index (κ2) is 7.30. The number of hydrogen-bond acceptors (Lipinski definition) is 3. The minimum Gasteiger partial charge on any atom is -0.322 e. The number of carbonyl (C=O) groups is 1. The van der Waals surface area contributed by atoms with E-state index >= 15 is 0 Å². The highest BCUT2D eigenvalue weighted by Crippen LogP contribution is 2.19. The number of terminal acetylenes is 1. The van der Waals surface area contributed by atoms with Gasteiger partial charge in [-0.05, 0) is 55.3 Å². The summed E-state index contributed by atoms with van der Waals surface area (Å²) in [6.45, 7) is 3.81. The van der Waals surface area contributed by atoms with Crippen molar-refractivity contribution in [3.63, 3.8) is 0 Å². The van der Waals surface area contributed by atoms with Gasteiger partial charge in [-0.15, -0.1) is 6.42 Å². The SMILES string of the molecule is C#CCNS(=O)(=O)c1ccc(C(=O)Nc2cccc(C)c2C)cc1. The van der Waals surface area contributed by atoms with Gasteiger partial charge in [0.2, 0.25) is 10.0 Å². The van der Waals surface area contributed by atoms with Gasteiger partial charge in [-0.1, -0.05) is 18.1 Å². The van der Waals surface area contributed by atoms with Gasteiger partial charge in [0.25, 0.3) is 5.91 Å². The number of anilines is 1. The van der Waals surface area contributed by atoms with E-state index in [9.17, 15) is 13.2 Å². The molecular weight excluding hydrogens is 324 g/mol. The number of aryl methyl sites for hydroxylation is 1.